The Labute approximate surface area is 73.2 Å². The molecule has 0 aliphatic heterocycles. The minimum atomic E-state index is 0.478. The average Bonchev–Trinajstić information content (AvgIpc) is 2.46. The molecule has 0 saturated carbocycles. The van der Waals surface area contributed by atoms with E-state index in [-0.39, 0.29) is 0 Å². The number of rotatable bonds is 3. The third-order valence-corrected chi connectivity index (χ3v) is 1.85. The molecule has 1 rings (SSSR count). The summed E-state index contributed by atoms with van der Waals surface area (Å²) in [6, 6.07) is 0. The highest BCUT2D eigenvalue weighted by Crippen LogP contribution is 2.19. The van der Waals surface area contributed by atoms with E-state index in [9.17, 15) is 0 Å². The van der Waals surface area contributed by atoms with Crippen LogP contribution in [0.5, 0.6) is 0 Å². The van der Waals surface area contributed by atoms with Crippen molar-refractivity contribution in [3.63, 3.8) is 0 Å². The Hall–Kier alpha value is -1.31. The van der Waals surface area contributed by atoms with Gasteiger partial charge in [0.1, 0.15) is 0 Å². The van der Waals surface area contributed by atoms with Gasteiger partial charge in [-0.2, -0.15) is 5.10 Å². The highest BCUT2D eigenvalue weighted by atomic mass is 15.3. The summed E-state index contributed by atoms with van der Waals surface area (Å²) in [5, 5.41) is 4.15. The first kappa shape index (κ1) is 8.78. The minimum absolute atomic E-state index is 0.478. The van der Waals surface area contributed by atoms with Gasteiger partial charge in [0.25, 0.3) is 0 Å². The van der Waals surface area contributed by atoms with Crippen LogP contribution in [0.4, 0.5) is 0 Å². The summed E-state index contributed by atoms with van der Waals surface area (Å²) in [4.78, 5) is 0. The Morgan fingerprint density at radius 2 is 2.17 bits per heavy atom. The zero-order valence-electron chi connectivity index (χ0n) is 7.62. The lowest BCUT2D eigenvalue weighted by molar-refractivity contribution is 0.861. The summed E-state index contributed by atoms with van der Waals surface area (Å²) in [7, 11) is 0. The summed E-state index contributed by atoms with van der Waals surface area (Å²) in [5.74, 6) is 0.478. The Morgan fingerprint density at radius 1 is 1.50 bits per heavy atom. The maximum absolute atomic E-state index is 4.15. The van der Waals surface area contributed by atoms with Gasteiger partial charge in [0.05, 0.1) is 11.9 Å². The van der Waals surface area contributed by atoms with Crippen molar-refractivity contribution in [2.45, 2.75) is 19.8 Å². The molecule has 0 fully saturated rings. The molecule has 12 heavy (non-hydrogen) atoms. The van der Waals surface area contributed by atoms with Crippen LogP contribution in [-0.4, -0.2) is 9.78 Å². The van der Waals surface area contributed by atoms with E-state index in [2.05, 4.69) is 32.1 Å². The second-order valence-electron chi connectivity index (χ2n) is 2.97. The Morgan fingerprint density at radius 3 is 2.58 bits per heavy atom. The molecule has 0 atom stereocenters. The molecule has 0 unspecified atom stereocenters. The van der Waals surface area contributed by atoms with E-state index in [1.54, 1.807) is 10.9 Å². The third kappa shape index (κ3) is 1.33. The molecule has 0 aliphatic carbocycles. The van der Waals surface area contributed by atoms with E-state index >= 15 is 0 Å². The van der Waals surface area contributed by atoms with Crippen molar-refractivity contribution < 1.29 is 0 Å². The standard InChI is InChI=1S/C10H14N2/c1-5-10-9(8(3)4)7-11-12(10)6-2/h5-8H,1-2H2,3-4H3. The number of hydrogen-bond acceptors (Lipinski definition) is 1. The lowest BCUT2D eigenvalue weighted by atomic mass is 10.0. The fourth-order valence-corrected chi connectivity index (χ4v) is 1.19. The van der Waals surface area contributed by atoms with Crippen LogP contribution in [0, 0.1) is 0 Å². The lowest BCUT2D eigenvalue weighted by Crippen LogP contribution is -1.93. The number of hydrogen-bond donors (Lipinski definition) is 0. The van der Waals surface area contributed by atoms with Crippen molar-refractivity contribution in [1.29, 1.82) is 0 Å². The van der Waals surface area contributed by atoms with Gasteiger partial charge in [-0.15, -0.1) is 0 Å². The van der Waals surface area contributed by atoms with Crippen LogP contribution in [0.25, 0.3) is 12.3 Å². The van der Waals surface area contributed by atoms with Crippen molar-refractivity contribution in [2.24, 2.45) is 0 Å². The maximum Gasteiger partial charge on any atom is 0.0689 e. The van der Waals surface area contributed by atoms with Crippen LogP contribution in [0.1, 0.15) is 31.0 Å². The van der Waals surface area contributed by atoms with Gasteiger partial charge >= 0.3 is 0 Å². The normalized spacial score (nSPS) is 10.2. The molecule has 0 aliphatic rings. The molecule has 0 aromatic carbocycles. The summed E-state index contributed by atoms with van der Waals surface area (Å²) >= 11 is 0. The largest absolute Gasteiger partial charge is 0.241 e. The first-order valence-corrected chi connectivity index (χ1v) is 4.03. The van der Waals surface area contributed by atoms with Gasteiger partial charge in [-0.25, -0.2) is 4.68 Å². The van der Waals surface area contributed by atoms with Crippen LogP contribution in [0.15, 0.2) is 19.4 Å². The van der Waals surface area contributed by atoms with Gasteiger partial charge in [-0.1, -0.05) is 27.0 Å². The molecule has 0 radical (unpaired) electrons. The summed E-state index contributed by atoms with van der Waals surface area (Å²) in [5.41, 5.74) is 2.25. The van der Waals surface area contributed by atoms with Crippen LogP contribution >= 0.6 is 0 Å². The molecule has 0 spiro atoms. The number of aromatic nitrogens is 2. The van der Waals surface area contributed by atoms with E-state index in [0.29, 0.717) is 5.92 Å². The molecule has 1 aromatic rings. The van der Waals surface area contributed by atoms with E-state index in [0.717, 1.165) is 5.69 Å². The van der Waals surface area contributed by atoms with Gasteiger partial charge < -0.3 is 0 Å². The summed E-state index contributed by atoms with van der Waals surface area (Å²) < 4.78 is 1.74. The Balaban J connectivity index is 3.22. The van der Waals surface area contributed by atoms with E-state index < -0.39 is 0 Å². The van der Waals surface area contributed by atoms with Gasteiger partial charge in [-0.3, -0.25) is 0 Å². The first-order chi connectivity index (χ1) is 5.70. The second-order valence-corrected chi connectivity index (χ2v) is 2.97. The van der Waals surface area contributed by atoms with E-state index in [1.807, 2.05) is 12.3 Å². The quantitative estimate of drug-likeness (QED) is 0.668. The average molecular weight is 162 g/mol. The predicted molar refractivity (Wildman–Crippen MR) is 52.8 cm³/mol. The van der Waals surface area contributed by atoms with Crippen molar-refractivity contribution in [3.05, 3.63) is 30.6 Å². The van der Waals surface area contributed by atoms with Crippen molar-refractivity contribution >= 4 is 12.3 Å². The van der Waals surface area contributed by atoms with Crippen LogP contribution in [0.3, 0.4) is 0 Å². The zero-order valence-corrected chi connectivity index (χ0v) is 7.62. The van der Waals surface area contributed by atoms with Gasteiger partial charge in [0.2, 0.25) is 0 Å². The SMILES string of the molecule is C=Cc1c(C(C)C)cnn1C=C. The predicted octanol–water partition coefficient (Wildman–Crippen LogP) is 2.75. The van der Waals surface area contributed by atoms with Crippen molar-refractivity contribution in [1.82, 2.24) is 9.78 Å². The minimum Gasteiger partial charge on any atom is -0.241 e. The van der Waals surface area contributed by atoms with Crippen LogP contribution in [-0.2, 0) is 0 Å². The maximum atomic E-state index is 4.15. The Kier molecular flexibility index (Phi) is 2.48. The molecule has 1 aromatic heterocycles. The molecular formula is C10H14N2. The molecule has 0 bridgehead atoms. The fourth-order valence-electron chi connectivity index (χ4n) is 1.19. The lowest BCUT2D eigenvalue weighted by Gasteiger charge is -2.03. The molecular weight excluding hydrogens is 148 g/mol. The smallest absolute Gasteiger partial charge is 0.0689 e. The highest BCUT2D eigenvalue weighted by molar-refractivity contribution is 5.51. The molecule has 0 N–H and O–H groups in total. The van der Waals surface area contributed by atoms with E-state index in [4.69, 9.17) is 0 Å². The topological polar surface area (TPSA) is 17.8 Å². The van der Waals surface area contributed by atoms with Crippen LogP contribution in [0.2, 0.25) is 0 Å². The zero-order chi connectivity index (χ0) is 9.14. The molecule has 0 saturated heterocycles. The van der Waals surface area contributed by atoms with Gasteiger partial charge in [-0.05, 0) is 12.0 Å². The van der Waals surface area contributed by atoms with E-state index in [1.165, 1.54) is 5.56 Å². The first-order valence-electron chi connectivity index (χ1n) is 4.03. The van der Waals surface area contributed by atoms with Crippen molar-refractivity contribution in [3.8, 4) is 0 Å². The van der Waals surface area contributed by atoms with Gasteiger partial charge in [0.15, 0.2) is 0 Å². The highest BCUT2D eigenvalue weighted by Gasteiger charge is 2.08. The fraction of sp³-hybridized carbons (Fsp3) is 0.300. The molecule has 2 heteroatoms. The molecule has 0 amide bonds. The Bertz CT molecular complexity index is 295. The summed E-state index contributed by atoms with van der Waals surface area (Å²) in [6.45, 7) is 11.7. The van der Waals surface area contributed by atoms with Gasteiger partial charge in [0, 0.05) is 11.8 Å². The molecule has 1 heterocycles. The van der Waals surface area contributed by atoms with Crippen LogP contribution < -0.4 is 0 Å². The molecule has 2 nitrogen and oxygen atoms in total. The third-order valence-electron chi connectivity index (χ3n) is 1.85. The number of nitrogens with zero attached hydrogens (tertiary/aromatic N) is 2. The summed E-state index contributed by atoms with van der Waals surface area (Å²) in [6.07, 6.45) is 5.36. The second kappa shape index (κ2) is 3.39. The molecule has 64 valence electrons. The monoisotopic (exact) mass is 162 g/mol. The van der Waals surface area contributed by atoms with Crippen molar-refractivity contribution in [2.75, 3.05) is 0 Å².